The molecule has 0 aromatic rings. The lowest BCUT2D eigenvalue weighted by molar-refractivity contribution is -0.953. The SMILES string of the molecule is C=CC[N+]1([C@H]2CC3C4CCC5C[C@H](OC(=C)C)[C@@H](N6CCCCC6)C[C@]5(C)C4CC[C@]3(C)[C@H]2CC(=O)CC)CCCCC1. The lowest BCUT2D eigenvalue weighted by Crippen LogP contribution is -2.61. The average Bonchev–Trinajstić information content (AvgIpc) is 3.30. The molecule has 0 aromatic carbocycles. The highest BCUT2D eigenvalue weighted by molar-refractivity contribution is 5.78. The van der Waals surface area contributed by atoms with Gasteiger partial charge in [0.05, 0.1) is 31.4 Å². The Morgan fingerprint density at radius 3 is 2.37 bits per heavy atom. The average molecular weight is 594 g/mol. The first-order valence-corrected chi connectivity index (χ1v) is 18.7. The number of ketones is 1. The van der Waals surface area contributed by atoms with Gasteiger partial charge in [-0.15, -0.1) is 0 Å². The number of rotatable bonds is 9. The van der Waals surface area contributed by atoms with Crippen LogP contribution < -0.4 is 0 Å². The maximum absolute atomic E-state index is 13.2. The van der Waals surface area contributed by atoms with Crippen LogP contribution in [0.4, 0.5) is 0 Å². The molecule has 0 amide bonds. The summed E-state index contributed by atoms with van der Waals surface area (Å²) in [5.74, 6) is 5.11. The number of fused-ring (bicyclic) bond motifs is 5. The zero-order chi connectivity index (χ0) is 30.4. The number of likely N-dealkylation sites (tertiary alicyclic amines) is 2. The van der Waals surface area contributed by atoms with E-state index in [1.54, 1.807) is 0 Å². The lowest BCUT2D eigenvalue weighted by atomic mass is 9.44. The van der Waals surface area contributed by atoms with Crippen molar-refractivity contribution >= 4 is 5.78 Å². The Balaban J connectivity index is 1.31. The van der Waals surface area contributed by atoms with Crippen LogP contribution in [-0.2, 0) is 9.53 Å². The molecule has 4 aliphatic carbocycles. The van der Waals surface area contributed by atoms with Crippen molar-refractivity contribution in [1.29, 1.82) is 0 Å². The van der Waals surface area contributed by atoms with E-state index in [9.17, 15) is 4.79 Å². The van der Waals surface area contributed by atoms with E-state index in [1.165, 1.54) is 114 Å². The van der Waals surface area contributed by atoms with Crippen molar-refractivity contribution in [1.82, 2.24) is 4.90 Å². The molecule has 43 heavy (non-hydrogen) atoms. The second-order valence-corrected chi connectivity index (χ2v) is 16.9. The van der Waals surface area contributed by atoms with Crippen LogP contribution in [0.25, 0.3) is 0 Å². The Morgan fingerprint density at radius 1 is 0.977 bits per heavy atom. The number of carbonyl (C=O) groups is 1. The first-order chi connectivity index (χ1) is 20.6. The third kappa shape index (κ3) is 5.61. The fourth-order valence-corrected chi connectivity index (χ4v) is 12.8. The molecule has 0 N–H and O–H groups in total. The molecule has 4 heteroatoms. The van der Waals surface area contributed by atoms with Crippen molar-refractivity contribution in [3.05, 3.63) is 25.0 Å². The van der Waals surface area contributed by atoms with Crippen LogP contribution in [0.15, 0.2) is 25.0 Å². The highest BCUT2D eigenvalue weighted by Crippen LogP contribution is 2.69. The van der Waals surface area contributed by atoms with Crippen LogP contribution in [0.2, 0.25) is 0 Å². The molecule has 2 aliphatic heterocycles. The number of Topliss-reactive ketones (excluding diaryl/α,β-unsaturated/α-hetero) is 1. The van der Waals surface area contributed by atoms with Crippen molar-refractivity contribution in [2.45, 2.75) is 142 Å². The van der Waals surface area contributed by atoms with Crippen LogP contribution >= 0.6 is 0 Å². The zero-order valence-corrected chi connectivity index (χ0v) is 28.5. The van der Waals surface area contributed by atoms with Crippen molar-refractivity contribution < 1.29 is 14.0 Å². The second-order valence-electron chi connectivity index (χ2n) is 16.9. The molecular formula is C39H65N2O2+. The Kier molecular flexibility index (Phi) is 9.31. The summed E-state index contributed by atoms with van der Waals surface area (Å²) in [5, 5.41) is 0. The third-order valence-corrected chi connectivity index (χ3v) is 14.9. The Hall–Kier alpha value is -1.13. The Morgan fingerprint density at radius 2 is 1.70 bits per heavy atom. The molecule has 6 rings (SSSR count). The Labute approximate surface area is 264 Å². The molecule has 0 radical (unpaired) electrons. The predicted molar refractivity (Wildman–Crippen MR) is 177 cm³/mol. The van der Waals surface area contributed by atoms with Crippen LogP contribution in [0.1, 0.15) is 124 Å². The summed E-state index contributed by atoms with van der Waals surface area (Å²) in [5.41, 5.74) is 0.697. The largest absolute Gasteiger partial charge is 0.494 e. The number of ether oxygens (including phenoxy) is 1. The molecule has 6 fully saturated rings. The number of carbonyl (C=O) groups excluding carboxylic acids is 1. The summed E-state index contributed by atoms with van der Waals surface area (Å²) >= 11 is 0. The number of hydrogen-bond donors (Lipinski definition) is 0. The minimum Gasteiger partial charge on any atom is -0.494 e. The van der Waals surface area contributed by atoms with Gasteiger partial charge in [0, 0.05) is 31.2 Å². The van der Waals surface area contributed by atoms with Gasteiger partial charge in [-0.1, -0.05) is 40.3 Å². The smallest absolute Gasteiger partial charge is 0.133 e. The fraction of sp³-hybridized carbons (Fsp3) is 0.872. The van der Waals surface area contributed by atoms with E-state index in [-0.39, 0.29) is 0 Å². The van der Waals surface area contributed by atoms with E-state index < -0.39 is 0 Å². The topological polar surface area (TPSA) is 29.5 Å². The summed E-state index contributed by atoms with van der Waals surface area (Å²) in [7, 11) is 0. The molecule has 2 saturated heterocycles. The minimum absolute atomic E-state index is 0.302. The molecule has 4 unspecified atom stereocenters. The predicted octanol–water partition coefficient (Wildman–Crippen LogP) is 8.56. The minimum atomic E-state index is 0.302. The monoisotopic (exact) mass is 594 g/mol. The van der Waals surface area contributed by atoms with Crippen molar-refractivity contribution in [2.75, 3.05) is 32.7 Å². The van der Waals surface area contributed by atoms with Gasteiger partial charge in [-0.2, -0.15) is 0 Å². The van der Waals surface area contributed by atoms with Gasteiger partial charge < -0.3 is 9.22 Å². The highest BCUT2D eigenvalue weighted by atomic mass is 16.5. The molecule has 10 atom stereocenters. The molecule has 4 nitrogen and oxygen atoms in total. The van der Waals surface area contributed by atoms with E-state index in [0.29, 0.717) is 47.1 Å². The molecule has 242 valence electrons. The molecule has 4 saturated carbocycles. The second kappa shape index (κ2) is 12.6. The normalized spacial score (nSPS) is 44.5. The number of allylic oxidation sites excluding steroid dienone is 1. The van der Waals surface area contributed by atoms with Gasteiger partial charge in [0.15, 0.2) is 0 Å². The zero-order valence-electron chi connectivity index (χ0n) is 28.5. The van der Waals surface area contributed by atoms with Crippen LogP contribution in [0.5, 0.6) is 0 Å². The van der Waals surface area contributed by atoms with Crippen LogP contribution in [-0.4, -0.2) is 66.1 Å². The fourth-order valence-electron chi connectivity index (χ4n) is 12.8. The summed E-state index contributed by atoms with van der Waals surface area (Å²) < 4.78 is 7.80. The van der Waals surface area contributed by atoms with E-state index in [0.717, 1.165) is 42.4 Å². The summed E-state index contributed by atoms with van der Waals surface area (Å²) in [6.45, 7) is 24.2. The van der Waals surface area contributed by atoms with Gasteiger partial charge in [-0.3, -0.25) is 9.69 Å². The first-order valence-electron chi connectivity index (χ1n) is 18.7. The highest BCUT2D eigenvalue weighted by Gasteiger charge is 2.66. The summed E-state index contributed by atoms with van der Waals surface area (Å²) in [6, 6.07) is 1.17. The molecular weight excluding hydrogens is 528 g/mol. The van der Waals surface area contributed by atoms with Crippen molar-refractivity contribution in [3.63, 3.8) is 0 Å². The van der Waals surface area contributed by atoms with E-state index >= 15 is 0 Å². The van der Waals surface area contributed by atoms with Crippen LogP contribution in [0, 0.1) is 40.4 Å². The molecule has 0 spiro atoms. The summed E-state index contributed by atoms with van der Waals surface area (Å²) in [4.78, 5) is 16.1. The third-order valence-electron chi connectivity index (χ3n) is 14.9. The molecule has 0 bridgehead atoms. The van der Waals surface area contributed by atoms with E-state index in [2.05, 4.69) is 51.8 Å². The van der Waals surface area contributed by atoms with Crippen molar-refractivity contribution in [2.24, 2.45) is 40.4 Å². The number of quaternary nitrogens is 1. The van der Waals surface area contributed by atoms with Crippen molar-refractivity contribution in [3.8, 4) is 0 Å². The lowest BCUT2D eigenvalue weighted by Gasteiger charge is -2.63. The van der Waals surface area contributed by atoms with Gasteiger partial charge in [0.1, 0.15) is 11.9 Å². The van der Waals surface area contributed by atoms with E-state index in [1.807, 2.05) is 0 Å². The van der Waals surface area contributed by atoms with Gasteiger partial charge in [-0.25, -0.2) is 0 Å². The maximum atomic E-state index is 13.2. The summed E-state index contributed by atoms with van der Waals surface area (Å²) in [6.07, 6.45) is 21.5. The first kappa shape index (κ1) is 31.8. The van der Waals surface area contributed by atoms with Gasteiger partial charge >= 0.3 is 0 Å². The van der Waals surface area contributed by atoms with Crippen LogP contribution in [0.3, 0.4) is 0 Å². The number of piperidine rings is 2. The van der Waals surface area contributed by atoms with E-state index in [4.69, 9.17) is 4.74 Å². The maximum Gasteiger partial charge on any atom is 0.133 e. The number of nitrogens with zero attached hydrogens (tertiary/aromatic N) is 2. The Bertz CT molecular complexity index is 1030. The molecule has 0 aromatic heterocycles. The molecule has 2 heterocycles. The quantitative estimate of drug-likeness (QED) is 0.152. The van der Waals surface area contributed by atoms with Gasteiger partial charge in [0.2, 0.25) is 0 Å². The molecule has 6 aliphatic rings. The van der Waals surface area contributed by atoms with Gasteiger partial charge in [0.25, 0.3) is 0 Å². The number of hydrogen-bond acceptors (Lipinski definition) is 3. The van der Waals surface area contributed by atoms with Gasteiger partial charge in [-0.05, 0) is 131 Å². The standard InChI is InChI=1S/C39H65N2O2/c1-7-21-41(22-13-10-14-23-41)36-26-33-31-16-15-29-24-37(43-28(3)4)35(40-19-11-9-12-20-40)27-39(29,6)32(31)17-18-38(33,5)34(36)25-30(42)8-2/h7,29,31-37H,1,3,8-27H2,2,4-6H3/q+1/t29?,31?,32?,33?,34-,35-,36-,37-,38-,39-/m0/s1.